The molecular weight excluding hydrogens is 348 g/mol. The van der Waals surface area contributed by atoms with Crippen LogP contribution in [0.15, 0.2) is 24.0 Å². The monoisotopic (exact) mass is 390 g/mol. The molecule has 3 heteroatoms. The number of carbonyl (C=O) groups excluding carboxylic acids is 1. The maximum Gasteiger partial charge on any atom is 0.344 e. The molecule has 1 fully saturated rings. The number of esters is 1. The highest BCUT2D eigenvalue weighted by molar-refractivity contribution is 5.71. The quantitative estimate of drug-likeness (QED) is 0.426. The van der Waals surface area contributed by atoms with Crippen LogP contribution in [-0.4, -0.2) is 18.2 Å². The molecule has 1 saturated carbocycles. The summed E-state index contributed by atoms with van der Waals surface area (Å²) in [6.45, 7) is 16.1. The standard InChI is InChI=1S/C25H42O3/c1-8-24(5,6)17-21(23(2,3)4)19-12-11-13-20(16-19)27-18-22(26)28-25(7)14-9-10-15-25/h11,13,16,19,21H,8-10,12,14-15,17-18H2,1-7H3. The predicted molar refractivity (Wildman–Crippen MR) is 116 cm³/mol. The Morgan fingerprint density at radius 3 is 2.43 bits per heavy atom. The van der Waals surface area contributed by atoms with Crippen LogP contribution in [0.4, 0.5) is 0 Å². The molecule has 0 aromatic heterocycles. The van der Waals surface area contributed by atoms with Gasteiger partial charge in [0.1, 0.15) is 11.4 Å². The average Bonchev–Trinajstić information content (AvgIpc) is 3.03. The van der Waals surface area contributed by atoms with Crippen molar-refractivity contribution in [3.05, 3.63) is 24.0 Å². The Balaban J connectivity index is 1.99. The molecule has 2 unspecified atom stereocenters. The first kappa shape index (κ1) is 23.0. The lowest BCUT2D eigenvalue weighted by Gasteiger charge is -2.41. The molecule has 0 spiro atoms. The number of hydrogen-bond donors (Lipinski definition) is 0. The Kier molecular flexibility index (Phi) is 7.44. The molecule has 0 radical (unpaired) electrons. The largest absolute Gasteiger partial charge is 0.482 e. The summed E-state index contributed by atoms with van der Waals surface area (Å²) in [6.07, 6.45) is 14.1. The second-order valence-electron chi connectivity index (χ2n) is 11.0. The lowest BCUT2D eigenvalue weighted by molar-refractivity contribution is -0.161. The third-order valence-corrected chi connectivity index (χ3v) is 6.81. The normalized spacial score (nSPS) is 23.2. The molecule has 2 aliphatic carbocycles. The van der Waals surface area contributed by atoms with Gasteiger partial charge >= 0.3 is 5.97 Å². The second kappa shape index (κ2) is 9.05. The van der Waals surface area contributed by atoms with Crippen molar-refractivity contribution in [3.63, 3.8) is 0 Å². The minimum Gasteiger partial charge on any atom is -0.482 e. The fraction of sp³-hybridized carbons (Fsp3) is 0.800. The highest BCUT2D eigenvalue weighted by Gasteiger charge is 2.36. The first-order valence-corrected chi connectivity index (χ1v) is 11.2. The van der Waals surface area contributed by atoms with Gasteiger partial charge in [0.15, 0.2) is 6.61 Å². The Hall–Kier alpha value is -1.25. The number of allylic oxidation sites excluding steroid dienone is 3. The van der Waals surface area contributed by atoms with Crippen LogP contribution in [0.25, 0.3) is 0 Å². The van der Waals surface area contributed by atoms with E-state index < -0.39 is 0 Å². The van der Waals surface area contributed by atoms with Crippen LogP contribution in [0.3, 0.4) is 0 Å². The summed E-state index contributed by atoms with van der Waals surface area (Å²) in [7, 11) is 0. The molecule has 0 amide bonds. The Labute approximate surface area is 172 Å². The van der Waals surface area contributed by atoms with E-state index in [9.17, 15) is 4.79 Å². The highest BCUT2D eigenvalue weighted by Crippen LogP contribution is 2.44. The smallest absolute Gasteiger partial charge is 0.344 e. The van der Waals surface area contributed by atoms with Gasteiger partial charge in [0.05, 0.1) is 0 Å². The van der Waals surface area contributed by atoms with E-state index in [1.807, 2.05) is 13.0 Å². The van der Waals surface area contributed by atoms with Gasteiger partial charge in [0, 0.05) is 0 Å². The van der Waals surface area contributed by atoms with E-state index in [0.717, 1.165) is 37.9 Å². The Bertz CT molecular complexity index is 585. The summed E-state index contributed by atoms with van der Waals surface area (Å²) in [6, 6.07) is 0. The van der Waals surface area contributed by atoms with E-state index in [-0.39, 0.29) is 23.6 Å². The van der Waals surface area contributed by atoms with Gasteiger partial charge in [-0.3, -0.25) is 0 Å². The molecule has 160 valence electrons. The molecule has 2 aliphatic rings. The van der Waals surface area contributed by atoms with Gasteiger partial charge in [0.25, 0.3) is 0 Å². The summed E-state index contributed by atoms with van der Waals surface area (Å²) in [5.41, 5.74) is 0.261. The van der Waals surface area contributed by atoms with Crippen molar-refractivity contribution in [2.45, 2.75) is 99.0 Å². The zero-order valence-corrected chi connectivity index (χ0v) is 19.3. The van der Waals surface area contributed by atoms with Gasteiger partial charge in [-0.1, -0.05) is 54.0 Å². The lowest BCUT2D eigenvalue weighted by Crippen LogP contribution is -2.33. The van der Waals surface area contributed by atoms with E-state index in [2.05, 4.69) is 53.7 Å². The maximum atomic E-state index is 12.2. The minimum atomic E-state index is -0.289. The maximum absolute atomic E-state index is 12.2. The van der Waals surface area contributed by atoms with Crippen molar-refractivity contribution >= 4 is 5.97 Å². The second-order valence-corrected chi connectivity index (χ2v) is 11.0. The fourth-order valence-electron chi connectivity index (χ4n) is 4.56. The van der Waals surface area contributed by atoms with Crippen molar-refractivity contribution < 1.29 is 14.3 Å². The molecule has 2 atom stereocenters. The van der Waals surface area contributed by atoms with Gasteiger partial charge in [-0.15, -0.1) is 0 Å². The summed E-state index contributed by atoms with van der Waals surface area (Å²) >= 11 is 0. The number of carbonyl (C=O) groups is 1. The van der Waals surface area contributed by atoms with Crippen LogP contribution < -0.4 is 0 Å². The van der Waals surface area contributed by atoms with E-state index in [0.29, 0.717) is 17.3 Å². The topological polar surface area (TPSA) is 35.5 Å². The fourth-order valence-corrected chi connectivity index (χ4v) is 4.56. The van der Waals surface area contributed by atoms with E-state index in [1.54, 1.807) is 0 Å². The van der Waals surface area contributed by atoms with Crippen LogP contribution in [0.1, 0.15) is 93.4 Å². The zero-order chi connectivity index (χ0) is 21.0. The Morgan fingerprint density at radius 2 is 1.86 bits per heavy atom. The average molecular weight is 391 g/mol. The summed E-state index contributed by atoms with van der Waals surface area (Å²) in [4.78, 5) is 12.2. The van der Waals surface area contributed by atoms with Crippen LogP contribution in [0, 0.1) is 22.7 Å². The Morgan fingerprint density at radius 1 is 1.21 bits per heavy atom. The predicted octanol–water partition coefficient (Wildman–Crippen LogP) is 6.83. The third kappa shape index (κ3) is 6.67. The van der Waals surface area contributed by atoms with Gasteiger partial charge in [-0.2, -0.15) is 0 Å². The molecule has 0 heterocycles. The molecule has 0 N–H and O–H groups in total. The summed E-state index contributed by atoms with van der Waals surface area (Å²) in [5, 5.41) is 0. The first-order chi connectivity index (χ1) is 12.9. The van der Waals surface area contributed by atoms with Crippen molar-refractivity contribution in [2.24, 2.45) is 22.7 Å². The summed E-state index contributed by atoms with van der Waals surface area (Å²) in [5.74, 6) is 1.57. The zero-order valence-electron chi connectivity index (χ0n) is 19.3. The molecule has 28 heavy (non-hydrogen) atoms. The minimum absolute atomic E-state index is 0.000872. The van der Waals surface area contributed by atoms with Gasteiger partial charge in [-0.25, -0.2) is 4.79 Å². The number of rotatable bonds is 8. The molecule has 0 saturated heterocycles. The number of ether oxygens (including phenoxy) is 2. The molecule has 0 aromatic rings. The first-order valence-electron chi connectivity index (χ1n) is 11.2. The number of hydrogen-bond acceptors (Lipinski definition) is 3. The van der Waals surface area contributed by atoms with E-state index in [4.69, 9.17) is 9.47 Å². The molecule has 0 aromatic carbocycles. The van der Waals surface area contributed by atoms with Crippen LogP contribution in [0.2, 0.25) is 0 Å². The van der Waals surface area contributed by atoms with Crippen molar-refractivity contribution in [1.29, 1.82) is 0 Å². The SMILES string of the molecule is CCC(C)(C)CC(C1C=C(OCC(=O)OC2(C)CCCC2)C=CC1)C(C)(C)C. The van der Waals surface area contributed by atoms with Crippen LogP contribution >= 0.6 is 0 Å². The van der Waals surface area contributed by atoms with Crippen molar-refractivity contribution in [1.82, 2.24) is 0 Å². The van der Waals surface area contributed by atoms with Gasteiger partial charge in [0.2, 0.25) is 0 Å². The van der Waals surface area contributed by atoms with E-state index in [1.165, 1.54) is 12.8 Å². The highest BCUT2D eigenvalue weighted by atomic mass is 16.6. The van der Waals surface area contributed by atoms with Crippen molar-refractivity contribution in [3.8, 4) is 0 Å². The van der Waals surface area contributed by atoms with Crippen molar-refractivity contribution in [2.75, 3.05) is 6.61 Å². The van der Waals surface area contributed by atoms with E-state index >= 15 is 0 Å². The molecular formula is C25H42O3. The van der Waals surface area contributed by atoms with Gasteiger partial charge in [-0.05, 0) is 80.3 Å². The third-order valence-electron chi connectivity index (χ3n) is 6.81. The van der Waals surface area contributed by atoms with Crippen LogP contribution in [-0.2, 0) is 14.3 Å². The molecule has 0 aliphatic heterocycles. The molecule has 2 rings (SSSR count). The molecule has 3 nitrogen and oxygen atoms in total. The van der Waals surface area contributed by atoms with Crippen LogP contribution in [0.5, 0.6) is 0 Å². The summed E-state index contributed by atoms with van der Waals surface area (Å²) < 4.78 is 11.5. The lowest BCUT2D eigenvalue weighted by atomic mass is 9.64. The molecule has 0 bridgehead atoms. The van der Waals surface area contributed by atoms with Gasteiger partial charge < -0.3 is 9.47 Å².